The topological polar surface area (TPSA) is 30.9 Å². The zero-order valence-corrected chi connectivity index (χ0v) is 14.9. The molecular formula is C21H23NO3. The highest BCUT2D eigenvalue weighted by Gasteiger charge is 2.16. The van der Waals surface area contributed by atoms with Gasteiger partial charge in [-0.25, -0.2) is 0 Å². The highest BCUT2D eigenvalue weighted by molar-refractivity contribution is 5.61. The van der Waals surface area contributed by atoms with Gasteiger partial charge in [0, 0.05) is 18.7 Å². The van der Waals surface area contributed by atoms with Crippen LogP contribution in [0.1, 0.15) is 11.1 Å². The molecule has 4 heteroatoms. The summed E-state index contributed by atoms with van der Waals surface area (Å²) in [4.78, 5) is 2.16. The highest BCUT2D eigenvalue weighted by Crippen LogP contribution is 2.38. The Morgan fingerprint density at radius 3 is 2.24 bits per heavy atom. The van der Waals surface area contributed by atoms with Gasteiger partial charge in [-0.15, -0.1) is 13.0 Å². The second-order valence-corrected chi connectivity index (χ2v) is 5.36. The van der Waals surface area contributed by atoms with Crippen LogP contribution in [0.15, 0.2) is 49.1 Å². The molecule has 0 spiro atoms. The third-order valence-electron chi connectivity index (χ3n) is 3.85. The van der Waals surface area contributed by atoms with Crippen LogP contribution in [0.4, 0.5) is 5.69 Å². The fourth-order valence-electron chi connectivity index (χ4n) is 2.72. The SMILES string of the molecule is C#Cc1ccccc1N(CC=C)Cc1cc(OC)c(OC)c(OC)c1. The Morgan fingerprint density at radius 2 is 1.72 bits per heavy atom. The molecule has 0 saturated carbocycles. The van der Waals surface area contributed by atoms with Gasteiger partial charge in [0.1, 0.15) is 0 Å². The maximum atomic E-state index is 5.65. The summed E-state index contributed by atoms with van der Waals surface area (Å²) in [5.74, 6) is 4.57. The van der Waals surface area contributed by atoms with Crippen LogP contribution in [0.5, 0.6) is 17.2 Å². The number of hydrogen-bond acceptors (Lipinski definition) is 4. The maximum Gasteiger partial charge on any atom is 0.203 e. The third-order valence-corrected chi connectivity index (χ3v) is 3.85. The minimum Gasteiger partial charge on any atom is -0.493 e. The summed E-state index contributed by atoms with van der Waals surface area (Å²) >= 11 is 0. The predicted molar refractivity (Wildman–Crippen MR) is 102 cm³/mol. The summed E-state index contributed by atoms with van der Waals surface area (Å²) < 4.78 is 16.3. The second kappa shape index (κ2) is 8.70. The van der Waals surface area contributed by atoms with Crippen LogP contribution in [0.25, 0.3) is 0 Å². The van der Waals surface area contributed by atoms with E-state index in [1.165, 1.54) is 0 Å². The van der Waals surface area contributed by atoms with Crippen molar-refractivity contribution in [1.82, 2.24) is 0 Å². The van der Waals surface area contributed by atoms with Gasteiger partial charge in [0.05, 0.1) is 27.0 Å². The molecule has 0 N–H and O–H groups in total. The van der Waals surface area contributed by atoms with E-state index in [1.807, 2.05) is 42.5 Å². The van der Waals surface area contributed by atoms with Crippen molar-refractivity contribution in [3.05, 3.63) is 60.2 Å². The molecule has 0 aliphatic carbocycles. The first-order valence-electron chi connectivity index (χ1n) is 7.88. The van der Waals surface area contributed by atoms with Crippen molar-refractivity contribution in [3.63, 3.8) is 0 Å². The van der Waals surface area contributed by atoms with Crippen molar-refractivity contribution in [2.24, 2.45) is 0 Å². The van der Waals surface area contributed by atoms with E-state index in [4.69, 9.17) is 20.6 Å². The van der Waals surface area contributed by atoms with Gasteiger partial charge in [-0.1, -0.05) is 24.1 Å². The largest absolute Gasteiger partial charge is 0.493 e. The molecule has 2 aromatic rings. The average Bonchev–Trinajstić information content (AvgIpc) is 2.66. The summed E-state index contributed by atoms with van der Waals surface area (Å²) in [5, 5.41) is 0. The van der Waals surface area contributed by atoms with E-state index in [-0.39, 0.29) is 0 Å². The lowest BCUT2D eigenvalue weighted by Gasteiger charge is -2.25. The maximum absolute atomic E-state index is 5.65. The van der Waals surface area contributed by atoms with Crippen LogP contribution < -0.4 is 19.1 Å². The summed E-state index contributed by atoms with van der Waals surface area (Å²) in [7, 11) is 4.81. The predicted octanol–water partition coefficient (Wildman–Crippen LogP) is 3.89. The molecule has 0 unspecified atom stereocenters. The van der Waals surface area contributed by atoms with Crippen LogP contribution in [0.2, 0.25) is 0 Å². The monoisotopic (exact) mass is 337 g/mol. The molecule has 0 bridgehead atoms. The number of ether oxygens (including phenoxy) is 3. The molecule has 4 nitrogen and oxygen atoms in total. The van der Waals surface area contributed by atoms with E-state index < -0.39 is 0 Å². The average molecular weight is 337 g/mol. The zero-order valence-electron chi connectivity index (χ0n) is 14.9. The summed E-state index contributed by atoms with van der Waals surface area (Å²) in [6, 6.07) is 11.7. The van der Waals surface area contributed by atoms with E-state index in [1.54, 1.807) is 21.3 Å². The van der Waals surface area contributed by atoms with Gasteiger partial charge in [0.2, 0.25) is 5.75 Å². The number of anilines is 1. The number of rotatable bonds is 8. The molecule has 0 heterocycles. The van der Waals surface area contributed by atoms with Gasteiger partial charge in [0.15, 0.2) is 11.5 Å². The normalized spacial score (nSPS) is 9.84. The summed E-state index contributed by atoms with van der Waals surface area (Å²) in [5.41, 5.74) is 2.85. The molecule has 25 heavy (non-hydrogen) atoms. The molecule has 0 fully saturated rings. The van der Waals surface area contributed by atoms with Crippen molar-refractivity contribution in [2.45, 2.75) is 6.54 Å². The molecule has 130 valence electrons. The number of methoxy groups -OCH3 is 3. The third kappa shape index (κ3) is 4.07. The number of para-hydroxylation sites is 1. The Balaban J connectivity index is 2.43. The fourth-order valence-corrected chi connectivity index (χ4v) is 2.72. The van der Waals surface area contributed by atoms with E-state index in [9.17, 15) is 0 Å². The number of hydrogen-bond donors (Lipinski definition) is 0. The van der Waals surface area contributed by atoms with Gasteiger partial charge in [-0.3, -0.25) is 0 Å². The molecule has 0 aliphatic heterocycles. The molecular weight excluding hydrogens is 314 g/mol. The first-order chi connectivity index (χ1) is 12.2. The summed E-state index contributed by atoms with van der Waals surface area (Å²) in [6.45, 7) is 5.14. The van der Waals surface area contributed by atoms with E-state index in [2.05, 4.69) is 17.4 Å². The van der Waals surface area contributed by atoms with Crippen molar-refractivity contribution >= 4 is 5.69 Å². The van der Waals surface area contributed by atoms with Crippen LogP contribution in [-0.4, -0.2) is 27.9 Å². The van der Waals surface area contributed by atoms with Gasteiger partial charge in [0.25, 0.3) is 0 Å². The minimum absolute atomic E-state index is 0.577. The zero-order chi connectivity index (χ0) is 18.2. The minimum atomic E-state index is 0.577. The van der Waals surface area contributed by atoms with Gasteiger partial charge < -0.3 is 19.1 Å². The first kappa shape index (κ1) is 18.3. The molecule has 2 aromatic carbocycles. The van der Waals surface area contributed by atoms with E-state index in [0.29, 0.717) is 30.3 Å². The van der Waals surface area contributed by atoms with Crippen LogP contribution in [0.3, 0.4) is 0 Å². The Morgan fingerprint density at radius 1 is 1.08 bits per heavy atom. The van der Waals surface area contributed by atoms with E-state index in [0.717, 1.165) is 16.8 Å². The Kier molecular flexibility index (Phi) is 6.36. The highest BCUT2D eigenvalue weighted by atomic mass is 16.5. The Hall–Kier alpha value is -3.06. The van der Waals surface area contributed by atoms with Crippen molar-refractivity contribution in [2.75, 3.05) is 32.8 Å². The Bertz CT molecular complexity index is 752. The van der Waals surface area contributed by atoms with Crippen molar-refractivity contribution < 1.29 is 14.2 Å². The lowest BCUT2D eigenvalue weighted by Crippen LogP contribution is -2.23. The molecule has 0 radical (unpaired) electrons. The van der Waals surface area contributed by atoms with Crippen molar-refractivity contribution in [3.8, 4) is 29.6 Å². The molecule has 0 atom stereocenters. The van der Waals surface area contributed by atoms with Gasteiger partial charge in [-0.05, 0) is 29.8 Å². The first-order valence-corrected chi connectivity index (χ1v) is 7.88. The molecule has 0 aliphatic rings. The lowest BCUT2D eigenvalue weighted by molar-refractivity contribution is 0.324. The number of terminal acetylenes is 1. The smallest absolute Gasteiger partial charge is 0.203 e. The van der Waals surface area contributed by atoms with Crippen LogP contribution in [-0.2, 0) is 6.54 Å². The quantitative estimate of drug-likeness (QED) is 0.540. The van der Waals surface area contributed by atoms with E-state index >= 15 is 0 Å². The van der Waals surface area contributed by atoms with Crippen LogP contribution >= 0.6 is 0 Å². The second-order valence-electron chi connectivity index (χ2n) is 5.36. The molecule has 0 amide bonds. The van der Waals surface area contributed by atoms with Crippen LogP contribution in [0, 0.1) is 12.3 Å². The number of nitrogens with zero attached hydrogens (tertiary/aromatic N) is 1. The molecule has 0 saturated heterocycles. The standard InChI is InChI=1S/C21H23NO3/c1-6-12-22(18-11-9-8-10-17(18)7-2)15-16-13-19(23-3)21(25-5)20(14-16)24-4/h2,6,8-11,13-14H,1,12,15H2,3-5H3. The van der Waals surface area contributed by atoms with Crippen molar-refractivity contribution in [1.29, 1.82) is 0 Å². The molecule has 0 aromatic heterocycles. The number of benzene rings is 2. The molecule has 2 rings (SSSR count). The fraction of sp³-hybridized carbons (Fsp3) is 0.238. The van der Waals surface area contributed by atoms with Gasteiger partial charge in [-0.2, -0.15) is 0 Å². The Labute approximate surface area is 149 Å². The lowest BCUT2D eigenvalue weighted by atomic mass is 10.1. The van der Waals surface area contributed by atoms with Gasteiger partial charge >= 0.3 is 0 Å². The summed E-state index contributed by atoms with van der Waals surface area (Å²) in [6.07, 6.45) is 7.50.